The first-order valence-electron chi connectivity index (χ1n) is 14.6. The molecule has 0 bridgehead atoms. The van der Waals surface area contributed by atoms with E-state index in [1.165, 1.54) is 30.5 Å². The van der Waals surface area contributed by atoms with Crippen LogP contribution in [-0.4, -0.2) is 76.6 Å². The van der Waals surface area contributed by atoms with Gasteiger partial charge in [-0.3, -0.25) is 19.1 Å². The Morgan fingerprint density at radius 3 is 2.19 bits per heavy atom. The summed E-state index contributed by atoms with van der Waals surface area (Å²) in [7, 11) is 2.02. The number of hydrogen-bond acceptors (Lipinski definition) is 5. The summed E-state index contributed by atoms with van der Waals surface area (Å²) < 4.78 is 30.5. The second-order valence-electron chi connectivity index (χ2n) is 11.6. The zero-order valence-corrected chi connectivity index (χ0v) is 25.3. The van der Waals surface area contributed by atoms with Gasteiger partial charge in [-0.2, -0.15) is 5.10 Å². The summed E-state index contributed by atoms with van der Waals surface area (Å²) in [5, 5.41) is 9.59. The SMILES string of the molecule is CC(c1ccc(F)cc1)C(NC(=O)c1ccnn1C(C)C)C(=O)Nc1ccc([C@H](C)CC(=O)N2CCN(C)CC2)cc1F. The lowest BCUT2D eigenvalue weighted by Gasteiger charge is -2.33. The first-order valence-corrected chi connectivity index (χ1v) is 14.6. The zero-order chi connectivity index (χ0) is 31.3. The van der Waals surface area contributed by atoms with Crippen LogP contribution in [0.3, 0.4) is 0 Å². The number of nitrogens with one attached hydrogen (secondary N) is 2. The van der Waals surface area contributed by atoms with Gasteiger partial charge in [0.05, 0.1) is 5.69 Å². The van der Waals surface area contributed by atoms with Crippen molar-refractivity contribution in [3.8, 4) is 0 Å². The highest BCUT2D eigenvalue weighted by Gasteiger charge is 2.30. The molecule has 11 heteroatoms. The predicted octanol–water partition coefficient (Wildman–Crippen LogP) is 4.55. The molecule has 2 aromatic carbocycles. The number of halogens is 2. The van der Waals surface area contributed by atoms with E-state index in [0.29, 0.717) is 24.2 Å². The van der Waals surface area contributed by atoms with Crippen molar-refractivity contribution in [2.45, 2.75) is 58.0 Å². The van der Waals surface area contributed by atoms with E-state index < -0.39 is 35.4 Å². The Labute approximate surface area is 251 Å². The van der Waals surface area contributed by atoms with Gasteiger partial charge in [-0.25, -0.2) is 8.78 Å². The van der Waals surface area contributed by atoms with Crippen LogP contribution >= 0.6 is 0 Å². The van der Waals surface area contributed by atoms with Crippen LogP contribution < -0.4 is 10.6 Å². The summed E-state index contributed by atoms with van der Waals surface area (Å²) in [6, 6.07) is 10.5. The number of rotatable bonds is 10. The molecule has 9 nitrogen and oxygen atoms in total. The van der Waals surface area contributed by atoms with Crippen LogP contribution in [0.5, 0.6) is 0 Å². The lowest BCUT2D eigenvalue weighted by molar-refractivity contribution is -0.133. The third kappa shape index (κ3) is 7.84. The Balaban J connectivity index is 1.50. The number of anilines is 1. The number of carbonyl (C=O) groups excluding carboxylic acids is 3. The number of amides is 3. The highest BCUT2D eigenvalue weighted by atomic mass is 19.1. The molecule has 43 heavy (non-hydrogen) atoms. The summed E-state index contributed by atoms with van der Waals surface area (Å²) in [5.41, 5.74) is 1.48. The molecule has 0 spiro atoms. The molecule has 3 aromatic rings. The average Bonchev–Trinajstić information content (AvgIpc) is 3.48. The molecule has 2 N–H and O–H groups in total. The van der Waals surface area contributed by atoms with Crippen LogP contribution in [0, 0.1) is 11.6 Å². The third-order valence-corrected chi connectivity index (χ3v) is 8.01. The van der Waals surface area contributed by atoms with Gasteiger partial charge in [0.1, 0.15) is 23.4 Å². The molecular weight excluding hydrogens is 554 g/mol. The summed E-state index contributed by atoms with van der Waals surface area (Å²) >= 11 is 0. The van der Waals surface area contributed by atoms with Gasteiger partial charge in [0.2, 0.25) is 11.8 Å². The van der Waals surface area contributed by atoms with Gasteiger partial charge < -0.3 is 20.4 Å². The summed E-state index contributed by atoms with van der Waals surface area (Å²) in [4.78, 5) is 43.7. The van der Waals surface area contributed by atoms with Crippen LogP contribution in [0.4, 0.5) is 14.5 Å². The Hall–Kier alpha value is -4.12. The Kier molecular flexibility index (Phi) is 10.3. The Bertz CT molecular complexity index is 1430. The number of aromatic nitrogens is 2. The molecule has 0 aliphatic carbocycles. The summed E-state index contributed by atoms with van der Waals surface area (Å²) in [6.45, 7) is 10.4. The minimum absolute atomic E-state index is 0.0329. The van der Waals surface area contributed by atoms with Crippen molar-refractivity contribution < 1.29 is 23.2 Å². The fourth-order valence-electron chi connectivity index (χ4n) is 5.21. The highest BCUT2D eigenvalue weighted by molar-refractivity contribution is 6.01. The zero-order valence-electron chi connectivity index (χ0n) is 25.3. The van der Waals surface area contributed by atoms with E-state index in [2.05, 4.69) is 20.6 Å². The minimum Gasteiger partial charge on any atom is -0.340 e. The summed E-state index contributed by atoms with van der Waals surface area (Å²) in [5.74, 6) is -3.00. The van der Waals surface area contributed by atoms with Gasteiger partial charge in [0, 0.05) is 50.8 Å². The molecule has 2 heterocycles. The summed E-state index contributed by atoms with van der Waals surface area (Å²) in [6.07, 6.45) is 1.76. The number of nitrogens with zero attached hydrogens (tertiary/aromatic N) is 4. The molecule has 0 saturated carbocycles. The van der Waals surface area contributed by atoms with Crippen molar-refractivity contribution >= 4 is 23.4 Å². The fourth-order valence-corrected chi connectivity index (χ4v) is 5.21. The number of carbonyl (C=O) groups is 3. The molecule has 0 radical (unpaired) electrons. The van der Waals surface area contributed by atoms with Crippen molar-refractivity contribution in [2.24, 2.45) is 0 Å². The van der Waals surface area contributed by atoms with E-state index in [4.69, 9.17) is 0 Å². The maximum atomic E-state index is 15.3. The smallest absolute Gasteiger partial charge is 0.270 e. The molecule has 1 fully saturated rings. The third-order valence-electron chi connectivity index (χ3n) is 8.01. The topological polar surface area (TPSA) is 99.6 Å². The van der Waals surface area contributed by atoms with E-state index in [0.717, 1.165) is 13.1 Å². The van der Waals surface area contributed by atoms with Crippen LogP contribution in [0.1, 0.15) is 73.6 Å². The second-order valence-corrected chi connectivity index (χ2v) is 11.6. The predicted molar refractivity (Wildman–Crippen MR) is 161 cm³/mol. The van der Waals surface area contributed by atoms with E-state index in [1.54, 1.807) is 35.9 Å². The number of hydrogen-bond donors (Lipinski definition) is 2. The monoisotopic (exact) mass is 594 g/mol. The van der Waals surface area contributed by atoms with Crippen molar-refractivity contribution in [3.05, 3.63) is 83.2 Å². The second kappa shape index (κ2) is 13.9. The maximum Gasteiger partial charge on any atom is 0.270 e. The fraction of sp³-hybridized carbons (Fsp3) is 0.438. The first-order chi connectivity index (χ1) is 20.4. The lowest BCUT2D eigenvalue weighted by Crippen LogP contribution is -2.47. The molecule has 1 aliphatic rings. The Morgan fingerprint density at radius 2 is 1.56 bits per heavy atom. The quantitative estimate of drug-likeness (QED) is 0.359. The van der Waals surface area contributed by atoms with Gasteiger partial charge in [-0.05, 0) is 68.3 Å². The average molecular weight is 595 g/mol. The standard InChI is InChI=1S/C32H40F2N6O3/c1-20(2)40-28(12-13-35-40)31(42)37-30(22(4)23-6-9-25(33)10-7-23)32(43)36-27-11-8-24(19-26(27)34)21(3)18-29(41)39-16-14-38(5)15-17-39/h6-13,19-22,30H,14-18H2,1-5H3,(H,36,43)(H,37,42)/t21-,22?,30?/m1/s1. The van der Waals surface area contributed by atoms with Gasteiger partial charge in [0.25, 0.3) is 5.91 Å². The van der Waals surface area contributed by atoms with Gasteiger partial charge >= 0.3 is 0 Å². The van der Waals surface area contributed by atoms with Gasteiger partial charge in [-0.15, -0.1) is 0 Å². The van der Waals surface area contributed by atoms with Crippen LogP contribution in [0.15, 0.2) is 54.7 Å². The van der Waals surface area contributed by atoms with Crippen molar-refractivity contribution in [1.82, 2.24) is 24.9 Å². The molecule has 1 aliphatic heterocycles. The van der Waals surface area contributed by atoms with Crippen molar-refractivity contribution in [3.63, 3.8) is 0 Å². The molecule has 230 valence electrons. The van der Waals surface area contributed by atoms with Gasteiger partial charge in [-0.1, -0.05) is 32.0 Å². The van der Waals surface area contributed by atoms with Crippen molar-refractivity contribution in [2.75, 3.05) is 38.5 Å². The highest BCUT2D eigenvalue weighted by Crippen LogP contribution is 2.27. The molecule has 2 unspecified atom stereocenters. The molecule has 3 atom stereocenters. The largest absolute Gasteiger partial charge is 0.340 e. The van der Waals surface area contributed by atoms with Crippen LogP contribution in [0.25, 0.3) is 0 Å². The number of likely N-dealkylation sites (N-methyl/N-ethyl adjacent to an activating group) is 1. The number of benzene rings is 2. The van der Waals surface area contributed by atoms with Crippen LogP contribution in [0.2, 0.25) is 0 Å². The normalized spacial score (nSPS) is 16.0. The first kappa shape index (κ1) is 31.8. The molecule has 1 saturated heterocycles. The minimum atomic E-state index is -1.12. The van der Waals surface area contributed by atoms with Crippen LogP contribution in [-0.2, 0) is 9.59 Å². The Morgan fingerprint density at radius 1 is 0.907 bits per heavy atom. The van der Waals surface area contributed by atoms with Gasteiger partial charge in [0.15, 0.2) is 0 Å². The molecule has 4 rings (SSSR count). The maximum absolute atomic E-state index is 15.3. The number of piperazine rings is 1. The van der Waals surface area contributed by atoms with Crippen molar-refractivity contribution in [1.29, 1.82) is 0 Å². The molecule has 1 aromatic heterocycles. The van der Waals surface area contributed by atoms with E-state index in [9.17, 15) is 18.8 Å². The van der Waals surface area contributed by atoms with E-state index in [1.807, 2.05) is 32.7 Å². The van der Waals surface area contributed by atoms with E-state index in [-0.39, 0.29) is 35.7 Å². The van der Waals surface area contributed by atoms with E-state index >= 15 is 4.39 Å². The molecule has 3 amide bonds. The molecular formula is C32H40F2N6O3. The lowest BCUT2D eigenvalue weighted by atomic mass is 9.92.